The minimum absolute atomic E-state index is 0.169. The van der Waals surface area contributed by atoms with Crippen LogP contribution in [-0.4, -0.2) is 123 Å². The summed E-state index contributed by atoms with van der Waals surface area (Å²) in [5.74, 6) is 1.69. The second-order valence-corrected chi connectivity index (χ2v) is 13.2. The van der Waals surface area contributed by atoms with Gasteiger partial charge in [-0.15, -0.1) is 0 Å². The molecule has 8 nitrogen and oxygen atoms in total. The quantitative estimate of drug-likeness (QED) is 0.288. The Hall–Kier alpha value is -0.770. The molecule has 1 amide bonds. The predicted octanol–water partition coefficient (Wildman–Crippen LogP) is 3.21. The molecule has 0 aromatic carbocycles. The normalized spacial score (nSPS) is 25.6. The fourth-order valence-corrected chi connectivity index (χ4v) is 6.24. The summed E-state index contributed by atoms with van der Waals surface area (Å²) in [6, 6.07) is 0.859. The Labute approximate surface area is 239 Å². The van der Waals surface area contributed by atoms with Crippen molar-refractivity contribution in [3.8, 4) is 0 Å². The first-order chi connectivity index (χ1) is 18.7. The summed E-state index contributed by atoms with van der Waals surface area (Å²) in [5.41, 5.74) is 0. The number of amides is 1. The lowest BCUT2D eigenvalue weighted by atomic mass is 9.88. The standard InChI is InChI=1S/C31H61N5O3/c1-7-27(21-32-24(2)3)18-26(6)22-35-10-8-29(9-11-35)39-30-19-28(20-30)33-31(37)23-36-14-12-34(13-15-36)16-17-38-25(4)5/h24-30,32H,7-23H2,1-6H3,(H,33,37). The highest BCUT2D eigenvalue weighted by molar-refractivity contribution is 5.78. The van der Waals surface area contributed by atoms with E-state index in [1.54, 1.807) is 0 Å². The number of ether oxygens (including phenoxy) is 2. The maximum Gasteiger partial charge on any atom is 0.234 e. The molecule has 0 spiro atoms. The molecule has 39 heavy (non-hydrogen) atoms. The Balaban J connectivity index is 1.20. The summed E-state index contributed by atoms with van der Waals surface area (Å²) in [5, 5.41) is 6.87. The molecule has 0 radical (unpaired) electrons. The number of rotatable bonds is 17. The van der Waals surface area contributed by atoms with Crippen LogP contribution in [-0.2, 0) is 14.3 Å². The molecular formula is C31H61N5O3. The van der Waals surface area contributed by atoms with E-state index in [0.29, 0.717) is 30.9 Å². The third-order valence-electron chi connectivity index (χ3n) is 8.77. The molecule has 0 aromatic rings. The van der Waals surface area contributed by atoms with Crippen molar-refractivity contribution in [3.63, 3.8) is 0 Å². The number of nitrogens with one attached hydrogen (secondary N) is 2. The van der Waals surface area contributed by atoms with Gasteiger partial charge in [0, 0.05) is 64.4 Å². The third kappa shape index (κ3) is 12.7. The number of piperazine rings is 1. The summed E-state index contributed by atoms with van der Waals surface area (Å²) in [4.78, 5) is 19.9. The van der Waals surface area contributed by atoms with Gasteiger partial charge in [0.1, 0.15) is 0 Å². The molecule has 3 fully saturated rings. The maximum atomic E-state index is 12.6. The Kier molecular flexibility index (Phi) is 14.5. The van der Waals surface area contributed by atoms with Crippen LogP contribution in [0.15, 0.2) is 0 Å². The van der Waals surface area contributed by atoms with E-state index < -0.39 is 0 Å². The van der Waals surface area contributed by atoms with Crippen molar-refractivity contribution in [1.82, 2.24) is 25.3 Å². The van der Waals surface area contributed by atoms with Gasteiger partial charge in [0.2, 0.25) is 5.91 Å². The highest BCUT2D eigenvalue weighted by Crippen LogP contribution is 2.28. The van der Waals surface area contributed by atoms with Gasteiger partial charge in [-0.1, -0.05) is 34.1 Å². The lowest BCUT2D eigenvalue weighted by Gasteiger charge is -2.41. The maximum absolute atomic E-state index is 12.6. The monoisotopic (exact) mass is 551 g/mol. The van der Waals surface area contributed by atoms with Gasteiger partial charge in [0.05, 0.1) is 31.5 Å². The van der Waals surface area contributed by atoms with Gasteiger partial charge in [-0.3, -0.25) is 14.6 Å². The topological polar surface area (TPSA) is 69.3 Å². The average Bonchev–Trinajstić information content (AvgIpc) is 2.87. The lowest BCUT2D eigenvalue weighted by molar-refractivity contribution is -0.127. The van der Waals surface area contributed by atoms with Crippen LogP contribution in [0.4, 0.5) is 0 Å². The molecule has 0 bridgehead atoms. The van der Waals surface area contributed by atoms with Crippen LogP contribution in [0.25, 0.3) is 0 Å². The van der Waals surface area contributed by atoms with Crippen LogP contribution >= 0.6 is 0 Å². The summed E-state index contributed by atoms with van der Waals surface area (Å²) < 4.78 is 12.1. The van der Waals surface area contributed by atoms with E-state index in [-0.39, 0.29) is 11.9 Å². The van der Waals surface area contributed by atoms with Crippen molar-refractivity contribution < 1.29 is 14.3 Å². The minimum Gasteiger partial charge on any atom is -0.377 e. The molecule has 3 aliphatic rings. The molecule has 8 heteroatoms. The van der Waals surface area contributed by atoms with E-state index in [9.17, 15) is 4.79 Å². The lowest BCUT2D eigenvalue weighted by Crippen LogP contribution is -2.54. The van der Waals surface area contributed by atoms with Crippen molar-refractivity contribution in [2.24, 2.45) is 11.8 Å². The summed E-state index contributed by atoms with van der Waals surface area (Å²) >= 11 is 0. The number of carbonyl (C=O) groups excluding carboxylic acids is 1. The van der Waals surface area contributed by atoms with Gasteiger partial charge < -0.3 is 25.0 Å². The number of likely N-dealkylation sites (tertiary alicyclic amines) is 1. The van der Waals surface area contributed by atoms with E-state index in [1.807, 2.05) is 0 Å². The summed E-state index contributed by atoms with van der Waals surface area (Å²) in [6.45, 7) is 24.3. The van der Waals surface area contributed by atoms with Crippen LogP contribution in [0, 0.1) is 11.8 Å². The summed E-state index contributed by atoms with van der Waals surface area (Å²) in [6.07, 6.45) is 7.79. The van der Waals surface area contributed by atoms with Gasteiger partial charge in [0.25, 0.3) is 0 Å². The zero-order valence-corrected chi connectivity index (χ0v) is 26.1. The van der Waals surface area contributed by atoms with Crippen molar-refractivity contribution in [2.75, 3.05) is 72.1 Å². The molecule has 3 rings (SSSR count). The number of piperidine rings is 1. The molecule has 2 aliphatic heterocycles. The molecule has 2 saturated heterocycles. The van der Waals surface area contributed by atoms with Crippen molar-refractivity contribution >= 4 is 5.91 Å². The van der Waals surface area contributed by atoms with E-state index >= 15 is 0 Å². The Morgan fingerprint density at radius 1 is 0.897 bits per heavy atom. The molecule has 2 heterocycles. The first kappa shape index (κ1) is 32.7. The SMILES string of the molecule is CCC(CNC(C)C)CC(C)CN1CCC(OC2CC(NC(=O)CN3CCN(CCOC(C)C)CC3)C2)CC1. The third-order valence-corrected chi connectivity index (χ3v) is 8.77. The van der Waals surface area contributed by atoms with Crippen LogP contribution in [0.2, 0.25) is 0 Å². The molecular weight excluding hydrogens is 490 g/mol. The van der Waals surface area contributed by atoms with Crippen LogP contribution < -0.4 is 10.6 Å². The molecule has 1 aliphatic carbocycles. The Morgan fingerprint density at radius 2 is 1.56 bits per heavy atom. The Morgan fingerprint density at radius 3 is 2.18 bits per heavy atom. The number of hydrogen-bond acceptors (Lipinski definition) is 7. The van der Waals surface area contributed by atoms with Crippen LogP contribution in [0.5, 0.6) is 0 Å². The van der Waals surface area contributed by atoms with E-state index in [0.717, 1.165) is 96.5 Å². The molecule has 228 valence electrons. The van der Waals surface area contributed by atoms with E-state index in [2.05, 4.69) is 66.9 Å². The second kappa shape index (κ2) is 17.2. The van der Waals surface area contributed by atoms with E-state index in [1.165, 1.54) is 19.4 Å². The van der Waals surface area contributed by atoms with Crippen molar-refractivity contribution in [1.29, 1.82) is 0 Å². The molecule has 0 aromatic heterocycles. The zero-order chi connectivity index (χ0) is 28.2. The van der Waals surface area contributed by atoms with Crippen molar-refractivity contribution in [2.45, 2.75) is 110 Å². The molecule has 2 atom stereocenters. The molecule has 2 unspecified atom stereocenters. The van der Waals surface area contributed by atoms with Gasteiger partial charge in [-0.25, -0.2) is 0 Å². The van der Waals surface area contributed by atoms with E-state index in [4.69, 9.17) is 9.47 Å². The van der Waals surface area contributed by atoms with Gasteiger partial charge >= 0.3 is 0 Å². The van der Waals surface area contributed by atoms with Crippen molar-refractivity contribution in [3.05, 3.63) is 0 Å². The number of hydrogen-bond donors (Lipinski definition) is 2. The Bertz CT molecular complexity index is 671. The van der Waals surface area contributed by atoms with Crippen LogP contribution in [0.1, 0.15) is 80.1 Å². The molecule has 1 saturated carbocycles. The highest BCUT2D eigenvalue weighted by Gasteiger charge is 2.34. The predicted molar refractivity (Wildman–Crippen MR) is 160 cm³/mol. The number of carbonyl (C=O) groups is 1. The second-order valence-electron chi connectivity index (χ2n) is 13.2. The smallest absolute Gasteiger partial charge is 0.234 e. The number of nitrogens with zero attached hydrogens (tertiary/aromatic N) is 3. The zero-order valence-electron chi connectivity index (χ0n) is 26.1. The first-order valence-electron chi connectivity index (χ1n) is 16.2. The van der Waals surface area contributed by atoms with Crippen LogP contribution in [0.3, 0.4) is 0 Å². The fourth-order valence-electron chi connectivity index (χ4n) is 6.24. The van der Waals surface area contributed by atoms with Gasteiger partial charge in [-0.2, -0.15) is 0 Å². The van der Waals surface area contributed by atoms with Gasteiger partial charge in [0.15, 0.2) is 0 Å². The first-order valence-corrected chi connectivity index (χ1v) is 16.2. The highest BCUT2D eigenvalue weighted by atomic mass is 16.5. The summed E-state index contributed by atoms with van der Waals surface area (Å²) in [7, 11) is 0. The van der Waals surface area contributed by atoms with Gasteiger partial charge in [-0.05, 0) is 64.3 Å². The minimum atomic E-state index is 0.169. The molecule has 2 N–H and O–H groups in total. The average molecular weight is 552 g/mol. The largest absolute Gasteiger partial charge is 0.377 e. The fraction of sp³-hybridized carbons (Fsp3) is 0.968.